The minimum atomic E-state index is -5.30. The molecule has 3 N–H and O–H groups in total. The molecule has 0 aromatic heterocycles. The molecular formula is C30H31FN4O6S. The van der Waals surface area contributed by atoms with E-state index in [4.69, 9.17) is 10.1 Å². The number of hydrogen-bond donors (Lipinski definition) is 3. The summed E-state index contributed by atoms with van der Waals surface area (Å²) in [5, 5.41) is 14.9. The molecule has 1 fully saturated rings. The van der Waals surface area contributed by atoms with Gasteiger partial charge < -0.3 is 19.6 Å². The molecule has 0 radical (unpaired) electrons. The summed E-state index contributed by atoms with van der Waals surface area (Å²) in [7, 11) is -5.30. The van der Waals surface area contributed by atoms with Crippen LogP contribution in [-0.2, 0) is 15.3 Å². The van der Waals surface area contributed by atoms with Gasteiger partial charge in [-0.05, 0) is 54.8 Å². The highest BCUT2D eigenvalue weighted by atomic mass is 32.3. The molecule has 2 heterocycles. The van der Waals surface area contributed by atoms with Crippen molar-refractivity contribution >= 4 is 28.3 Å². The number of nitrogens with one attached hydrogen (secondary N) is 3. The van der Waals surface area contributed by atoms with Crippen molar-refractivity contribution in [3.8, 4) is 11.5 Å². The maximum atomic E-state index is 13.5. The summed E-state index contributed by atoms with van der Waals surface area (Å²) in [5.41, 5.74) is 1.41. The molecule has 2 aliphatic heterocycles. The number of carbonyl (C=O) groups is 2. The number of ether oxygens (including phenoxy) is 1. The minimum absolute atomic E-state index is 0.0980. The molecule has 3 aromatic carbocycles. The molecule has 12 heteroatoms. The molecular weight excluding hydrogens is 563 g/mol. The van der Waals surface area contributed by atoms with Crippen molar-refractivity contribution in [3.63, 3.8) is 0 Å². The van der Waals surface area contributed by atoms with Crippen LogP contribution in [0.5, 0.6) is 11.5 Å². The molecule has 0 spiro atoms. The van der Waals surface area contributed by atoms with Gasteiger partial charge in [-0.3, -0.25) is 19.9 Å². The highest BCUT2D eigenvalue weighted by Crippen LogP contribution is 2.36. The number of fused-ring (bicyclic) bond motifs is 1. The van der Waals surface area contributed by atoms with Crippen molar-refractivity contribution < 1.29 is 30.8 Å². The Hall–Kier alpha value is -4.45. The Balaban J connectivity index is 1.52. The summed E-state index contributed by atoms with van der Waals surface area (Å²) in [6.45, 7) is 4.23. The predicted molar refractivity (Wildman–Crippen MR) is 153 cm³/mol. The Morgan fingerprint density at radius 2 is 1.88 bits per heavy atom. The van der Waals surface area contributed by atoms with Crippen molar-refractivity contribution in [2.45, 2.75) is 50.7 Å². The molecule has 3 atom stereocenters. The molecule has 3 aromatic rings. The summed E-state index contributed by atoms with van der Waals surface area (Å²) >= 11 is 0. The first-order valence-electron chi connectivity index (χ1n) is 13.5. The standard InChI is InChI=1S/C30H31FN4O6S/c1-3-30(2)18-26(36)35(29(32)34-30)27(20-9-7-11-22(17-20)41-42(31,38)39)19-8-6-10-21(16-19)28(37)33-24-14-15-40-25-13-5-4-12-23(24)25/h4-13,16-17,24,27H,3,14-15,18H2,1-2H3,(H2,32,34)(H,33,37)/t24-,27?,30?/m0/s1. The topological polar surface area (TPSA) is 138 Å². The van der Waals surface area contributed by atoms with Crippen molar-refractivity contribution in [1.29, 1.82) is 5.41 Å². The number of nitrogens with zero attached hydrogens (tertiary/aromatic N) is 1. The molecule has 0 bridgehead atoms. The van der Waals surface area contributed by atoms with E-state index in [0.29, 0.717) is 41.9 Å². The summed E-state index contributed by atoms with van der Waals surface area (Å²) in [4.78, 5) is 28.3. The smallest absolute Gasteiger partial charge is 0.488 e. The number of para-hydroxylation sites is 1. The molecule has 0 aliphatic carbocycles. The zero-order valence-corrected chi connectivity index (χ0v) is 23.9. The second-order valence-electron chi connectivity index (χ2n) is 10.6. The average molecular weight is 595 g/mol. The lowest BCUT2D eigenvalue weighted by Crippen LogP contribution is -2.61. The van der Waals surface area contributed by atoms with Crippen LogP contribution in [0.4, 0.5) is 3.89 Å². The molecule has 2 unspecified atom stereocenters. The number of carbonyl (C=O) groups excluding carboxylic acids is 2. The van der Waals surface area contributed by atoms with Gasteiger partial charge >= 0.3 is 10.5 Å². The van der Waals surface area contributed by atoms with E-state index in [1.165, 1.54) is 23.1 Å². The molecule has 10 nitrogen and oxygen atoms in total. The SMILES string of the molecule is CCC1(C)CC(=O)N(C(c2cccc(OS(=O)(=O)F)c2)c2cccc(C(=O)N[C@H]3CCOc4ccccc43)c2)C(=N)N1. The molecule has 1 saturated heterocycles. The lowest BCUT2D eigenvalue weighted by atomic mass is 9.89. The first kappa shape index (κ1) is 29.1. The van der Waals surface area contributed by atoms with Crippen LogP contribution < -0.4 is 19.6 Å². The zero-order chi connectivity index (χ0) is 30.1. The second-order valence-corrected chi connectivity index (χ2v) is 11.6. The van der Waals surface area contributed by atoms with Gasteiger partial charge in [0.1, 0.15) is 11.5 Å². The lowest BCUT2D eigenvalue weighted by Gasteiger charge is -2.43. The third-order valence-electron chi connectivity index (χ3n) is 7.61. The fourth-order valence-corrected chi connectivity index (χ4v) is 5.68. The van der Waals surface area contributed by atoms with Gasteiger partial charge in [0.25, 0.3) is 5.91 Å². The van der Waals surface area contributed by atoms with Crippen molar-refractivity contribution in [2.24, 2.45) is 0 Å². The Morgan fingerprint density at radius 3 is 2.60 bits per heavy atom. The van der Waals surface area contributed by atoms with Gasteiger partial charge in [-0.15, -0.1) is 0 Å². The second kappa shape index (κ2) is 11.4. The predicted octanol–water partition coefficient (Wildman–Crippen LogP) is 4.55. The zero-order valence-electron chi connectivity index (χ0n) is 23.1. The van der Waals surface area contributed by atoms with Crippen LogP contribution in [0.3, 0.4) is 0 Å². The number of benzene rings is 3. The maximum Gasteiger partial charge on any atom is 0.488 e. The van der Waals surface area contributed by atoms with Gasteiger partial charge in [0.15, 0.2) is 5.96 Å². The van der Waals surface area contributed by atoms with Gasteiger partial charge in [-0.25, -0.2) is 0 Å². The molecule has 0 saturated carbocycles. The fraction of sp³-hybridized carbons (Fsp3) is 0.300. The van der Waals surface area contributed by atoms with Gasteiger partial charge in [0, 0.05) is 23.1 Å². The van der Waals surface area contributed by atoms with E-state index in [0.717, 1.165) is 5.56 Å². The van der Waals surface area contributed by atoms with Crippen molar-refractivity contribution in [2.75, 3.05) is 6.61 Å². The van der Waals surface area contributed by atoms with Crippen molar-refractivity contribution in [1.82, 2.24) is 15.5 Å². The highest BCUT2D eigenvalue weighted by Gasteiger charge is 2.41. The number of halogens is 1. The first-order valence-corrected chi connectivity index (χ1v) is 14.8. The van der Waals surface area contributed by atoms with E-state index in [9.17, 15) is 21.9 Å². The number of amides is 2. The summed E-state index contributed by atoms with van der Waals surface area (Å²) in [5.74, 6) is -0.414. The molecule has 220 valence electrons. The number of guanidine groups is 1. The monoisotopic (exact) mass is 594 g/mol. The third-order valence-corrected chi connectivity index (χ3v) is 8.00. The molecule has 2 aliphatic rings. The highest BCUT2D eigenvalue weighted by molar-refractivity contribution is 7.81. The maximum absolute atomic E-state index is 13.5. The summed E-state index contributed by atoms with van der Waals surface area (Å²) in [6.07, 6.45) is 1.29. The van der Waals surface area contributed by atoms with E-state index in [2.05, 4.69) is 14.8 Å². The van der Waals surface area contributed by atoms with E-state index in [1.807, 2.05) is 38.1 Å². The largest absolute Gasteiger partial charge is 0.493 e. The molecule has 42 heavy (non-hydrogen) atoms. The lowest BCUT2D eigenvalue weighted by molar-refractivity contribution is -0.131. The van der Waals surface area contributed by atoms with Crippen LogP contribution in [0, 0.1) is 5.41 Å². The Morgan fingerprint density at radius 1 is 1.17 bits per heavy atom. The number of hydrogen-bond acceptors (Lipinski definition) is 7. The van der Waals surface area contributed by atoms with Gasteiger partial charge in [-0.1, -0.05) is 53.3 Å². The van der Waals surface area contributed by atoms with Crippen LogP contribution in [0.1, 0.15) is 72.2 Å². The average Bonchev–Trinajstić information content (AvgIpc) is 2.94. The van der Waals surface area contributed by atoms with Gasteiger partial charge in [0.05, 0.1) is 25.1 Å². The normalized spacial score (nSPS) is 21.0. The molecule has 2 amide bonds. The quantitative estimate of drug-likeness (QED) is 0.326. The Kier molecular flexibility index (Phi) is 7.91. The summed E-state index contributed by atoms with van der Waals surface area (Å²) in [6, 6.07) is 18.6. The van der Waals surface area contributed by atoms with Crippen LogP contribution in [-0.4, -0.2) is 43.2 Å². The Labute approximate surface area is 243 Å². The van der Waals surface area contributed by atoms with Crippen LogP contribution >= 0.6 is 0 Å². The van der Waals surface area contributed by atoms with E-state index in [1.54, 1.807) is 30.3 Å². The molecule has 5 rings (SSSR count). The van der Waals surface area contributed by atoms with E-state index in [-0.39, 0.29) is 36.0 Å². The van der Waals surface area contributed by atoms with Crippen LogP contribution in [0.25, 0.3) is 0 Å². The number of rotatable bonds is 8. The fourth-order valence-electron chi connectivity index (χ4n) is 5.35. The minimum Gasteiger partial charge on any atom is -0.493 e. The third kappa shape index (κ3) is 6.23. The van der Waals surface area contributed by atoms with E-state index >= 15 is 0 Å². The first-order chi connectivity index (χ1) is 20.0. The van der Waals surface area contributed by atoms with Crippen LogP contribution in [0.2, 0.25) is 0 Å². The van der Waals surface area contributed by atoms with Crippen LogP contribution in [0.15, 0.2) is 72.8 Å². The summed E-state index contributed by atoms with van der Waals surface area (Å²) < 4.78 is 45.9. The van der Waals surface area contributed by atoms with Gasteiger partial charge in [-0.2, -0.15) is 8.42 Å². The van der Waals surface area contributed by atoms with Crippen molar-refractivity contribution in [3.05, 3.63) is 95.1 Å². The van der Waals surface area contributed by atoms with E-state index < -0.39 is 22.1 Å². The Bertz CT molecular complexity index is 1630. The van der Waals surface area contributed by atoms with Gasteiger partial charge in [0.2, 0.25) is 5.91 Å².